The van der Waals surface area contributed by atoms with Crippen molar-refractivity contribution in [3.05, 3.63) is 23.9 Å². The maximum Gasteiger partial charge on any atom is 0.341 e. The fourth-order valence-corrected chi connectivity index (χ4v) is 1.64. The van der Waals surface area contributed by atoms with Crippen molar-refractivity contribution in [2.45, 2.75) is 13.8 Å². The summed E-state index contributed by atoms with van der Waals surface area (Å²) in [7, 11) is 1.29. The predicted molar refractivity (Wildman–Crippen MR) is 70.0 cm³/mol. The number of carbonyl (C=O) groups is 2. The van der Waals surface area contributed by atoms with Crippen LogP contribution in [0.5, 0.6) is 0 Å². The van der Waals surface area contributed by atoms with Crippen molar-refractivity contribution in [2.75, 3.05) is 19.0 Å². The summed E-state index contributed by atoms with van der Waals surface area (Å²) in [6.45, 7) is 3.87. The molecule has 2 N–H and O–H groups in total. The van der Waals surface area contributed by atoms with Crippen LogP contribution in [-0.2, 0) is 9.53 Å². The number of hydrogen-bond donors (Lipinski definition) is 2. The smallest absolute Gasteiger partial charge is 0.341 e. The van der Waals surface area contributed by atoms with Gasteiger partial charge in [-0.1, -0.05) is 13.8 Å². The Morgan fingerprint density at radius 3 is 2.68 bits per heavy atom. The summed E-state index contributed by atoms with van der Waals surface area (Å²) in [6.07, 6.45) is 1.53. The number of carboxylic acids is 1. The van der Waals surface area contributed by atoms with E-state index in [1.54, 1.807) is 12.1 Å². The van der Waals surface area contributed by atoms with Crippen LogP contribution in [0.15, 0.2) is 18.3 Å². The van der Waals surface area contributed by atoms with E-state index >= 15 is 0 Å². The Kier molecular flexibility index (Phi) is 5.29. The third kappa shape index (κ3) is 3.94. The van der Waals surface area contributed by atoms with Crippen LogP contribution in [0.2, 0.25) is 0 Å². The zero-order valence-electron chi connectivity index (χ0n) is 11.2. The summed E-state index contributed by atoms with van der Waals surface area (Å²) in [5, 5.41) is 12.0. The Bertz CT molecular complexity index is 460. The summed E-state index contributed by atoms with van der Waals surface area (Å²) in [5.41, 5.74) is 0.290. The lowest BCUT2D eigenvalue weighted by Gasteiger charge is -2.17. The van der Waals surface area contributed by atoms with E-state index in [9.17, 15) is 9.59 Å². The fourth-order valence-electron chi connectivity index (χ4n) is 1.64. The van der Waals surface area contributed by atoms with E-state index in [0.717, 1.165) is 0 Å². The minimum absolute atomic E-state index is 0.0183. The molecule has 0 spiro atoms. The highest BCUT2D eigenvalue weighted by Crippen LogP contribution is 2.16. The number of ether oxygens (including phenoxy) is 1. The highest BCUT2D eigenvalue weighted by atomic mass is 16.5. The molecule has 0 aliphatic heterocycles. The van der Waals surface area contributed by atoms with Crippen LogP contribution in [0, 0.1) is 11.8 Å². The van der Waals surface area contributed by atoms with Gasteiger partial charge < -0.3 is 15.2 Å². The first-order valence-electron chi connectivity index (χ1n) is 5.97. The first kappa shape index (κ1) is 14.9. The molecular formula is C13H18N2O4. The van der Waals surface area contributed by atoms with Crippen LogP contribution in [0.3, 0.4) is 0 Å². The average Bonchev–Trinajstić information content (AvgIpc) is 2.37. The molecule has 19 heavy (non-hydrogen) atoms. The number of aromatic nitrogens is 1. The monoisotopic (exact) mass is 266 g/mol. The number of pyridine rings is 1. The minimum Gasteiger partial charge on any atom is -0.481 e. The molecule has 0 saturated heterocycles. The Morgan fingerprint density at radius 1 is 1.47 bits per heavy atom. The molecular weight excluding hydrogens is 248 g/mol. The normalized spacial score (nSPS) is 12.0. The molecule has 1 atom stereocenters. The van der Waals surface area contributed by atoms with Crippen molar-refractivity contribution in [1.29, 1.82) is 0 Å². The van der Waals surface area contributed by atoms with Gasteiger partial charge >= 0.3 is 11.9 Å². The van der Waals surface area contributed by atoms with Crippen molar-refractivity contribution in [3.8, 4) is 0 Å². The van der Waals surface area contributed by atoms with Crippen LogP contribution in [0.1, 0.15) is 24.2 Å². The van der Waals surface area contributed by atoms with Gasteiger partial charge in [-0.2, -0.15) is 0 Å². The van der Waals surface area contributed by atoms with Crippen LogP contribution in [-0.4, -0.2) is 35.7 Å². The van der Waals surface area contributed by atoms with Gasteiger partial charge in [0.05, 0.1) is 13.0 Å². The standard InChI is InChI=1S/C13H18N2O4/c1-8(2)10(12(16)17)7-15-11-9(13(18)19-3)5-4-6-14-11/h4-6,8,10H,7H2,1-3H3,(H,14,15)(H,16,17). The molecule has 1 rings (SSSR count). The molecule has 6 heteroatoms. The quantitative estimate of drug-likeness (QED) is 0.761. The highest BCUT2D eigenvalue weighted by Gasteiger charge is 2.22. The van der Waals surface area contributed by atoms with Gasteiger partial charge in [-0.15, -0.1) is 0 Å². The average molecular weight is 266 g/mol. The summed E-state index contributed by atoms with van der Waals surface area (Å²) < 4.78 is 4.64. The number of anilines is 1. The van der Waals surface area contributed by atoms with Gasteiger partial charge in [-0.3, -0.25) is 4.79 Å². The Hall–Kier alpha value is -2.11. The topological polar surface area (TPSA) is 88.5 Å². The Labute approximate surface area is 111 Å². The van der Waals surface area contributed by atoms with Crippen molar-refractivity contribution in [1.82, 2.24) is 4.98 Å². The molecule has 0 aromatic carbocycles. The van der Waals surface area contributed by atoms with E-state index in [-0.39, 0.29) is 18.0 Å². The number of nitrogens with zero attached hydrogens (tertiary/aromatic N) is 1. The Balaban J connectivity index is 2.82. The summed E-state index contributed by atoms with van der Waals surface area (Å²) >= 11 is 0. The maximum atomic E-state index is 11.5. The molecule has 0 amide bonds. The molecule has 1 aromatic rings. The van der Waals surface area contributed by atoms with Gasteiger partial charge in [0.1, 0.15) is 11.4 Å². The van der Waals surface area contributed by atoms with Gasteiger partial charge in [0.15, 0.2) is 0 Å². The van der Waals surface area contributed by atoms with Gasteiger partial charge in [0.25, 0.3) is 0 Å². The summed E-state index contributed by atoms with van der Waals surface area (Å²) in [5.74, 6) is -1.62. The molecule has 104 valence electrons. The zero-order valence-corrected chi connectivity index (χ0v) is 11.2. The van der Waals surface area contributed by atoms with Crippen LogP contribution in [0.25, 0.3) is 0 Å². The molecule has 1 unspecified atom stereocenters. The molecule has 0 aliphatic rings. The lowest BCUT2D eigenvalue weighted by Crippen LogP contribution is -2.28. The van der Waals surface area contributed by atoms with Crippen molar-refractivity contribution < 1.29 is 19.4 Å². The van der Waals surface area contributed by atoms with Crippen molar-refractivity contribution in [3.63, 3.8) is 0 Å². The van der Waals surface area contributed by atoms with E-state index in [1.807, 2.05) is 13.8 Å². The van der Waals surface area contributed by atoms with Gasteiger partial charge in [-0.25, -0.2) is 9.78 Å². The number of hydrogen-bond acceptors (Lipinski definition) is 5. The number of esters is 1. The fraction of sp³-hybridized carbons (Fsp3) is 0.462. The first-order valence-corrected chi connectivity index (χ1v) is 5.97. The molecule has 1 aromatic heterocycles. The highest BCUT2D eigenvalue weighted by molar-refractivity contribution is 5.94. The third-order valence-corrected chi connectivity index (χ3v) is 2.82. The van der Waals surface area contributed by atoms with Gasteiger partial charge in [0.2, 0.25) is 0 Å². The van der Waals surface area contributed by atoms with Gasteiger partial charge in [-0.05, 0) is 18.1 Å². The molecule has 0 radical (unpaired) electrons. The van der Waals surface area contributed by atoms with E-state index < -0.39 is 17.9 Å². The number of carbonyl (C=O) groups excluding carboxylic acids is 1. The molecule has 0 aliphatic carbocycles. The van der Waals surface area contributed by atoms with E-state index in [0.29, 0.717) is 5.82 Å². The zero-order chi connectivity index (χ0) is 14.4. The molecule has 0 bridgehead atoms. The predicted octanol–water partition coefficient (Wildman–Crippen LogP) is 1.64. The largest absolute Gasteiger partial charge is 0.481 e. The number of rotatable bonds is 6. The second-order valence-corrected chi connectivity index (χ2v) is 4.46. The van der Waals surface area contributed by atoms with E-state index in [1.165, 1.54) is 13.3 Å². The van der Waals surface area contributed by atoms with Gasteiger partial charge in [0, 0.05) is 12.7 Å². The Morgan fingerprint density at radius 2 is 2.16 bits per heavy atom. The third-order valence-electron chi connectivity index (χ3n) is 2.82. The molecule has 0 saturated carbocycles. The maximum absolute atomic E-state index is 11.5. The van der Waals surface area contributed by atoms with Crippen LogP contribution < -0.4 is 5.32 Å². The first-order chi connectivity index (χ1) is 8.97. The number of nitrogens with one attached hydrogen (secondary N) is 1. The van der Waals surface area contributed by atoms with Crippen molar-refractivity contribution in [2.24, 2.45) is 11.8 Å². The van der Waals surface area contributed by atoms with Crippen LogP contribution >= 0.6 is 0 Å². The van der Waals surface area contributed by atoms with Crippen LogP contribution in [0.4, 0.5) is 5.82 Å². The second kappa shape index (κ2) is 6.72. The lowest BCUT2D eigenvalue weighted by atomic mass is 9.96. The van der Waals surface area contributed by atoms with Crippen molar-refractivity contribution >= 4 is 17.8 Å². The summed E-state index contributed by atoms with van der Waals surface area (Å²) in [4.78, 5) is 26.6. The molecule has 1 heterocycles. The minimum atomic E-state index is -0.877. The van der Waals surface area contributed by atoms with E-state index in [4.69, 9.17) is 5.11 Å². The molecule has 6 nitrogen and oxygen atoms in total. The second-order valence-electron chi connectivity index (χ2n) is 4.46. The molecule has 0 fully saturated rings. The van der Waals surface area contributed by atoms with E-state index in [2.05, 4.69) is 15.0 Å². The lowest BCUT2D eigenvalue weighted by molar-refractivity contribution is -0.142. The number of carboxylic acid groups (broad SMARTS) is 1. The number of methoxy groups -OCH3 is 1. The number of aliphatic carboxylic acids is 1. The summed E-state index contributed by atoms with van der Waals surface area (Å²) in [6, 6.07) is 3.20. The SMILES string of the molecule is COC(=O)c1cccnc1NCC(C(=O)O)C(C)C.